The van der Waals surface area contributed by atoms with Crippen LogP contribution >= 0.6 is 0 Å². The smallest absolute Gasteiger partial charge is 0.0762 e. The predicted molar refractivity (Wildman–Crippen MR) is 82.0 cm³/mol. The summed E-state index contributed by atoms with van der Waals surface area (Å²) in [7, 11) is 0. The fraction of sp³-hybridized carbons (Fsp3) is 0.556. The van der Waals surface area contributed by atoms with Crippen molar-refractivity contribution in [2.75, 3.05) is 0 Å². The maximum absolute atomic E-state index is 6.44. The Morgan fingerprint density at radius 2 is 2.05 bits per heavy atom. The van der Waals surface area contributed by atoms with Gasteiger partial charge >= 0.3 is 0 Å². The number of benzene rings is 1. The molecule has 2 heterocycles. The van der Waals surface area contributed by atoms with Crippen molar-refractivity contribution in [2.24, 2.45) is 0 Å². The van der Waals surface area contributed by atoms with E-state index in [-0.39, 0.29) is 5.60 Å². The molecule has 2 fully saturated rings. The third-order valence-corrected chi connectivity index (χ3v) is 5.18. The van der Waals surface area contributed by atoms with E-state index in [1.807, 2.05) is 0 Å². The molecule has 1 saturated heterocycles. The Labute approximate surface area is 120 Å². The Morgan fingerprint density at radius 3 is 2.90 bits per heavy atom. The molecule has 1 aromatic heterocycles. The van der Waals surface area contributed by atoms with Crippen LogP contribution in [0, 0.1) is 6.92 Å². The lowest BCUT2D eigenvalue weighted by Gasteiger charge is -2.24. The first-order chi connectivity index (χ1) is 9.74. The standard InChI is InChI=1S/C18H23NO/c1-14-4-5-17-15(12-14)7-11-19(17)13-16-6-10-18(20-16)8-2-3-9-18/h4-5,7,11-12,16H,2-3,6,8-10,13H2,1H3. The molecular weight excluding hydrogens is 246 g/mol. The van der Waals surface area contributed by atoms with Gasteiger partial charge in [-0.15, -0.1) is 0 Å². The summed E-state index contributed by atoms with van der Waals surface area (Å²) in [5, 5.41) is 1.35. The number of hydrogen-bond donors (Lipinski definition) is 0. The summed E-state index contributed by atoms with van der Waals surface area (Å²) in [6.45, 7) is 3.16. The number of rotatable bonds is 2. The van der Waals surface area contributed by atoms with Crippen molar-refractivity contribution in [3.05, 3.63) is 36.0 Å². The van der Waals surface area contributed by atoms with Gasteiger partial charge in [0.2, 0.25) is 0 Å². The Balaban J connectivity index is 1.53. The zero-order chi connectivity index (χ0) is 13.6. The number of aromatic nitrogens is 1. The molecule has 1 atom stereocenters. The van der Waals surface area contributed by atoms with E-state index in [9.17, 15) is 0 Å². The van der Waals surface area contributed by atoms with E-state index in [2.05, 4.69) is 42.0 Å². The highest BCUT2D eigenvalue weighted by molar-refractivity contribution is 5.80. The van der Waals surface area contributed by atoms with Crippen LogP contribution in [0.25, 0.3) is 10.9 Å². The highest BCUT2D eigenvalue weighted by Gasteiger charge is 2.42. The summed E-state index contributed by atoms with van der Waals surface area (Å²) in [5.74, 6) is 0. The third kappa shape index (κ3) is 2.07. The van der Waals surface area contributed by atoms with E-state index in [4.69, 9.17) is 4.74 Å². The van der Waals surface area contributed by atoms with E-state index < -0.39 is 0 Å². The van der Waals surface area contributed by atoms with Gasteiger partial charge in [0.15, 0.2) is 0 Å². The zero-order valence-corrected chi connectivity index (χ0v) is 12.3. The summed E-state index contributed by atoms with van der Waals surface area (Å²) in [5.41, 5.74) is 2.92. The van der Waals surface area contributed by atoms with Crippen LogP contribution in [0.1, 0.15) is 44.1 Å². The number of hydrogen-bond acceptors (Lipinski definition) is 1. The molecule has 1 aliphatic heterocycles. The van der Waals surface area contributed by atoms with Crippen LogP contribution in [-0.2, 0) is 11.3 Å². The van der Waals surface area contributed by atoms with Gasteiger partial charge in [0.25, 0.3) is 0 Å². The van der Waals surface area contributed by atoms with Gasteiger partial charge in [-0.05, 0) is 56.2 Å². The molecule has 0 amide bonds. The van der Waals surface area contributed by atoms with Crippen LogP contribution in [0.2, 0.25) is 0 Å². The molecule has 1 aromatic carbocycles. The largest absolute Gasteiger partial charge is 0.370 e. The molecule has 4 rings (SSSR count). The SMILES string of the molecule is Cc1ccc2c(ccn2CC2CCC3(CCCC3)O2)c1. The van der Waals surface area contributed by atoms with Crippen molar-refractivity contribution in [2.45, 2.75) is 63.7 Å². The average Bonchev–Trinajstić information content (AvgIpc) is 3.14. The topological polar surface area (TPSA) is 14.2 Å². The highest BCUT2D eigenvalue weighted by atomic mass is 16.5. The molecule has 2 heteroatoms. The minimum Gasteiger partial charge on any atom is -0.370 e. The van der Waals surface area contributed by atoms with Crippen LogP contribution in [0.3, 0.4) is 0 Å². The van der Waals surface area contributed by atoms with E-state index in [1.165, 1.54) is 55.0 Å². The third-order valence-electron chi connectivity index (χ3n) is 5.18. The van der Waals surface area contributed by atoms with Crippen molar-refractivity contribution >= 4 is 10.9 Å². The first-order valence-corrected chi connectivity index (χ1v) is 7.98. The molecule has 20 heavy (non-hydrogen) atoms. The molecule has 0 N–H and O–H groups in total. The van der Waals surface area contributed by atoms with Crippen LogP contribution in [0.5, 0.6) is 0 Å². The second-order valence-corrected chi connectivity index (χ2v) is 6.70. The summed E-state index contributed by atoms with van der Waals surface area (Å²) in [6, 6.07) is 8.93. The predicted octanol–water partition coefficient (Wildman–Crippen LogP) is 4.44. The lowest BCUT2D eigenvalue weighted by atomic mass is 9.98. The van der Waals surface area contributed by atoms with Crippen LogP contribution in [0.15, 0.2) is 30.5 Å². The molecule has 2 aromatic rings. The number of nitrogens with zero attached hydrogens (tertiary/aromatic N) is 1. The molecule has 1 aliphatic carbocycles. The van der Waals surface area contributed by atoms with Gasteiger partial charge in [-0.25, -0.2) is 0 Å². The van der Waals surface area contributed by atoms with E-state index in [0.29, 0.717) is 6.10 Å². The molecule has 1 unspecified atom stereocenters. The fourth-order valence-electron chi connectivity index (χ4n) is 4.11. The quantitative estimate of drug-likeness (QED) is 0.786. The summed E-state index contributed by atoms with van der Waals surface area (Å²) < 4.78 is 8.80. The van der Waals surface area contributed by atoms with Gasteiger partial charge < -0.3 is 9.30 Å². The second-order valence-electron chi connectivity index (χ2n) is 6.70. The zero-order valence-electron chi connectivity index (χ0n) is 12.3. The Morgan fingerprint density at radius 1 is 1.20 bits per heavy atom. The van der Waals surface area contributed by atoms with Crippen molar-refractivity contribution in [1.29, 1.82) is 0 Å². The first kappa shape index (κ1) is 12.5. The van der Waals surface area contributed by atoms with Crippen molar-refractivity contribution < 1.29 is 4.74 Å². The summed E-state index contributed by atoms with van der Waals surface area (Å²) in [4.78, 5) is 0. The van der Waals surface area contributed by atoms with Gasteiger partial charge in [-0.2, -0.15) is 0 Å². The molecular formula is C18H23NO. The second kappa shape index (κ2) is 4.63. The molecule has 1 spiro atoms. The van der Waals surface area contributed by atoms with Gasteiger partial charge in [0.05, 0.1) is 11.7 Å². The molecule has 2 aliphatic rings. The van der Waals surface area contributed by atoms with Gasteiger partial charge in [0, 0.05) is 18.3 Å². The van der Waals surface area contributed by atoms with E-state index in [1.54, 1.807) is 0 Å². The first-order valence-electron chi connectivity index (χ1n) is 7.98. The molecule has 106 valence electrons. The lowest BCUT2D eigenvalue weighted by molar-refractivity contribution is -0.0414. The molecule has 1 saturated carbocycles. The van der Waals surface area contributed by atoms with Crippen LogP contribution < -0.4 is 0 Å². The van der Waals surface area contributed by atoms with Crippen molar-refractivity contribution in [3.8, 4) is 0 Å². The fourth-order valence-corrected chi connectivity index (χ4v) is 4.11. The average molecular weight is 269 g/mol. The summed E-state index contributed by atoms with van der Waals surface area (Å²) >= 11 is 0. The normalized spacial score (nSPS) is 24.9. The van der Waals surface area contributed by atoms with Crippen LogP contribution in [0.4, 0.5) is 0 Å². The van der Waals surface area contributed by atoms with Crippen molar-refractivity contribution in [3.63, 3.8) is 0 Å². The molecule has 0 bridgehead atoms. The van der Waals surface area contributed by atoms with Crippen LogP contribution in [-0.4, -0.2) is 16.3 Å². The maximum Gasteiger partial charge on any atom is 0.0762 e. The Hall–Kier alpha value is -1.28. The number of aryl methyl sites for hydroxylation is 1. The maximum atomic E-state index is 6.44. The molecule has 0 radical (unpaired) electrons. The van der Waals surface area contributed by atoms with Gasteiger partial charge in [-0.1, -0.05) is 24.5 Å². The number of ether oxygens (including phenoxy) is 1. The molecule has 2 nitrogen and oxygen atoms in total. The van der Waals surface area contributed by atoms with Gasteiger partial charge in [0.1, 0.15) is 0 Å². The monoisotopic (exact) mass is 269 g/mol. The van der Waals surface area contributed by atoms with Gasteiger partial charge in [-0.3, -0.25) is 0 Å². The highest BCUT2D eigenvalue weighted by Crippen LogP contribution is 2.43. The van der Waals surface area contributed by atoms with E-state index >= 15 is 0 Å². The van der Waals surface area contributed by atoms with Crippen molar-refractivity contribution in [1.82, 2.24) is 4.57 Å². The lowest BCUT2D eigenvalue weighted by Crippen LogP contribution is -2.26. The minimum absolute atomic E-state index is 0.254. The minimum atomic E-state index is 0.254. The Kier molecular flexibility index (Phi) is 2.88. The Bertz CT molecular complexity index is 621. The number of fused-ring (bicyclic) bond motifs is 1. The summed E-state index contributed by atoms with van der Waals surface area (Å²) in [6.07, 6.45) is 10.4. The van der Waals surface area contributed by atoms with E-state index in [0.717, 1.165) is 6.54 Å².